The number of likely N-dealkylation sites (tertiary alicyclic amines) is 1. The van der Waals surface area contributed by atoms with Crippen LogP contribution in [-0.2, 0) is 21.3 Å². The Bertz CT molecular complexity index is 1080. The first-order valence-electron chi connectivity index (χ1n) is 9.73. The number of urea groups is 1. The lowest BCUT2D eigenvalue weighted by Crippen LogP contribution is -2.57. The SMILES string of the molecule is O=C(Nc1ccccc1Cl)N1C[C@H]2C[C@H]3[C@](C1)(CN(Cc1ccncc1)S3(=O)=O)O2. The summed E-state index contributed by atoms with van der Waals surface area (Å²) < 4.78 is 34.1. The van der Waals surface area contributed by atoms with E-state index in [1.165, 1.54) is 4.31 Å². The molecule has 10 heteroatoms. The van der Waals surface area contributed by atoms with Crippen LogP contribution in [0.1, 0.15) is 12.0 Å². The lowest BCUT2D eigenvalue weighted by Gasteiger charge is -2.39. The Kier molecular flexibility index (Phi) is 4.73. The van der Waals surface area contributed by atoms with Gasteiger partial charge in [-0.2, -0.15) is 4.31 Å². The zero-order valence-corrected chi connectivity index (χ0v) is 17.6. The van der Waals surface area contributed by atoms with Crippen molar-refractivity contribution in [3.05, 3.63) is 59.4 Å². The van der Waals surface area contributed by atoms with E-state index < -0.39 is 20.9 Å². The van der Waals surface area contributed by atoms with Crippen molar-refractivity contribution in [3.63, 3.8) is 0 Å². The highest BCUT2D eigenvalue weighted by molar-refractivity contribution is 7.90. The standard InChI is InChI=1S/C20H21ClN4O4S/c21-16-3-1-2-4-17(16)23-19(26)24-11-15-9-18-20(12-24,29-15)13-25(30(18,27)28)10-14-5-7-22-8-6-14/h1-8,15,18H,9-13H2,(H,23,26)/t15-,18+,20+/m1/s1. The Morgan fingerprint density at radius 3 is 2.77 bits per heavy atom. The number of benzene rings is 1. The number of carbonyl (C=O) groups excluding carboxylic acids is 1. The highest BCUT2D eigenvalue weighted by Crippen LogP contribution is 2.47. The second-order valence-corrected chi connectivity index (χ2v) is 10.5. The first-order chi connectivity index (χ1) is 14.4. The maximum Gasteiger partial charge on any atom is 0.322 e. The summed E-state index contributed by atoms with van der Waals surface area (Å²) in [6.07, 6.45) is 3.39. The molecule has 3 fully saturated rings. The Labute approximate surface area is 179 Å². The van der Waals surface area contributed by atoms with Crippen molar-refractivity contribution in [3.8, 4) is 0 Å². The molecule has 3 aliphatic rings. The molecule has 3 aliphatic heterocycles. The van der Waals surface area contributed by atoms with Gasteiger partial charge in [-0.05, 0) is 36.2 Å². The smallest absolute Gasteiger partial charge is 0.322 e. The van der Waals surface area contributed by atoms with Gasteiger partial charge in [0.15, 0.2) is 0 Å². The molecule has 0 aliphatic carbocycles. The minimum atomic E-state index is -3.53. The number of fused-ring (bicyclic) bond motifs is 1. The molecule has 0 unspecified atom stereocenters. The van der Waals surface area contributed by atoms with Crippen LogP contribution in [0.25, 0.3) is 0 Å². The average Bonchev–Trinajstić information content (AvgIpc) is 3.09. The molecule has 2 bridgehead atoms. The molecule has 158 valence electrons. The van der Waals surface area contributed by atoms with E-state index in [0.29, 0.717) is 23.7 Å². The van der Waals surface area contributed by atoms with E-state index >= 15 is 0 Å². The van der Waals surface area contributed by atoms with Gasteiger partial charge in [-0.25, -0.2) is 13.2 Å². The molecule has 1 aromatic heterocycles. The Hall–Kier alpha value is -2.20. The first-order valence-corrected chi connectivity index (χ1v) is 11.6. The molecular formula is C20H21ClN4O4S. The van der Waals surface area contributed by atoms with Gasteiger partial charge in [0.1, 0.15) is 10.9 Å². The van der Waals surface area contributed by atoms with Crippen molar-refractivity contribution in [2.24, 2.45) is 0 Å². The van der Waals surface area contributed by atoms with Gasteiger partial charge in [0.2, 0.25) is 10.0 Å². The number of aromatic nitrogens is 1. The summed E-state index contributed by atoms with van der Waals surface area (Å²) in [6, 6.07) is 10.3. The largest absolute Gasteiger partial charge is 0.365 e. The summed E-state index contributed by atoms with van der Waals surface area (Å²) in [6.45, 7) is 1.07. The number of amides is 2. The summed E-state index contributed by atoms with van der Waals surface area (Å²) in [4.78, 5) is 18.5. The van der Waals surface area contributed by atoms with Crippen molar-refractivity contribution >= 4 is 33.3 Å². The zero-order chi connectivity index (χ0) is 20.9. The van der Waals surface area contributed by atoms with Gasteiger partial charge in [0.25, 0.3) is 0 Å². The Morgan fingerprint density at radius 2 is 2.00 bits per heavy atom. The number of anilines is 1. The number of ether oxygens (including phenoxy) is 1. The molecule has 1 spiro atoms. The van der Waals surface area contributed by atoms with Crippen LogP contribution < -0.4 is 5.32 Å². The monoisotopic (exact) mass is 448 g/mol. The number of hydrogen-bond donors (Lipinski definition) is 1. The van der Waals surface area contributed by atoms with Crippen molar-refractivity contribution in [2.75, 3.05) is 25.0 Å². The quantitative estimate of drug-likeness (QED) is 0.778. The van der Waals surface area contributed by atoms with Gasteiger partial charge in [-0.15, -0.1) is 0 Å². The predicted molar refractivity (Wildman–Crippen MR) is 112 cm³/mol. The lowest BCUT2D eigenvalue weighted by molar-refractivity contribution is -0.0946. The van der Waals surface area contributed by atoms with Crippen molar-refractivity contribution in [2.45, 2.75) is 29.9 Å². The summed E-state index contributed by atoms with van der Waals surface area (Å²) in [5, 5.41) is 2.63. The number of halogens is 1. The average molecular weight is 449 g/mol. The third-order valence-corrected chi connectivity index (χ3v) is 8.67. The predicted octanol–water partition coefficient (Wildman–Crippen LogP) is 2.32. The molecule has 3 atom stereocenters. The topological polar surface area (TPSA) is 91.8 Å². The highest BCUT2D eigenvalue weighted by Gasteiger charge is 2.65. The van der Waals surface area contributed by atoms with Crippen LogP contribution in [0.4, 0.5) is 10.5 Å². The summed E-state index contributed by atoms with van der Waals surface area (Å²) in [5.74, 6) is 0. The van der Waals surface area contributed by atoms with Gasteiger partial charge in [-0.1, -0.05) is 23.7 Å². The number of carbonyl (C=O) groups is 1. The molecular weight excluding hydrogens is 428 g/mol. The number of nitrogens with zero attached hydrogens (tertiary/aromatic N) is 3. The van der Waals surface area contributed by atoms with Gasteiger partial charge in [0, 0.05) is 32.0 Å². The van der Waals surface area contributed by atoms with Crippen LogP contribution in [0.3, 0.4) is 0 Å². The molecule has 0 saturated carbocycles. The number of pyridine rings is 1. The highest BCUT2D eigenvalue weighted by atomic mass is 35.5. The molecule has 3 saturated heterocycles. The third kappa shape index (κ3) is 3.26. The molecule has 2 amide bonds. The van der Waals surface area contributed by atoms with Gasteiger partial charge in [-0.3, -0.25) is 4.98 Å². The second kappa shape index (κ2) is 7.19. The van der Waals surface area contributed by atoms with Crippen LogP contribution in [0, 0.1) is 0 Å². The summed E-state index contributed by atoms with van der Waals surface area (Å²) >= 11 is 6.15. The minimum absolute atomic E-state index is 0.219. The fraction of sp³-hybridized carbons (Fsp3) is 0.400. The van der Waals surface area contributed by atoms with E-state index in [1.54, 1.807) is 53.7 Å². The van der Waals surface area contributed by atoms with Crippen molar-refractivity contribution < 1.29 is 17.9 Å². The van der Waals surface area contributed by atoms with Crippen LogP contribution in [-0.4, -0.2) is 65.2 Å². The minimum Gasteiger partial charge on any atom is -0.365 e. The Balaban J connectivity index is 1.36. The first kappa shape index (κ1) is 19.7. The van der Waals surface area contributed by atoms with Crippen LogP contribution in [0.15, 0.2) is 48.8 Å². The molecule has 5 rings (SSSR count). The van der Waals surface area contributed by atoms with E-state index in [9.17, 15) is 13.2 Å². The maximum absolute atomic E-state index is 13.2. The van der Waals surface area contributed by atoms with Crippen molar-refractivity contribution in [1.82, 2.24) is 14.2 Å². The van der Waals surface area contributed by atoms with Crippen molar-refractivity contribution in [1.29, 1.82) is 0 Å². The number of morpholine rings is 1. The van der Waals surface area contributed by atoms with Gasteiger partial charge >= 0.3 is 6.03 Å². The molecule has 8 nitrogen and oxygen atoms in total. The van der Waals surface area contributed by atoms with Crippen LogP contribution in [0.2, 0.25) is 5.02 Å². The Morgan fingerprint density at radius 1 is 1.23 bits per heavy atom. The summed E-state index contributed by atoms with van der Waals surface area (Å²) in [5.41, 5.74) is 0.480. The van der Waals surface area contributed by atoms with Gasteiger partial charge in [0.05, 0.1) is 23.4 Å². The normalized spacial score (nSPS) is 29.6. The van der Waals surface area contributed by atoms with E-state index in [2.05, 4.69) is 10.3 Å². The number of nitrogens with one attached hydrogen (secondary N) is 1. The fourth-order valence-corrected chi connectivity index (χ4v) is 7.17. The number of para-hydroxylation sites is 1. The van der Waals surface area contributed by atoms with Gasteiger partial charge < -0.3 is 15.0 Å². The van der Waals surface area contributed by atoms with E-state index in [4.69, 9.17) is 16.3 Å². The second-order valence-electron chi connectivity index (χ2n) is 7.99. The molecule has 0 radical (unpaired) electrons. The van der Waals surface area contributed by atoms with E-state index in [-0.39, 0.29) is 31.8 Å². The third-order valence-electron chi connectivity index (χ3n) is 6.02. The fourth-order valence-electron chi connectivity index (χ4n) is 4.69. The molecule has 30 heavy (non-hydrogen) atoms. The van der Waals surface area contributed by atoms with E-state index in [1.807, 2.05) is 0 Å². The number of hydrogen-bond acceptors (Lipinski definition) is 5. The molecule has 2 aromatic rings. The molecule has 1 aromatic carbocycles. The van der Waals surface area contributed by atoms with E-state index in [0.717, 1.165) is 5.56 Å². The van der Waals surface area contributed by atoms with Crippen LogP contribution in [0.5, 0.6) is 0 Å². The maximum atomic E-state index is 13.2. The van der Waals surface area contributed by atoms with Crippen LogP contribution >= 0.6 is 11.6 Å². The lowest BCUT2D eigenvalue weighted by atomic mass is 9.99. The number of sulfonamides is 1. The molecule has 4 heterocycles. The zero-order valence-electron chi connectivity index (χ0n) is 16.1. The number of rotatable bonds is 3. The molecule has 1 N–H and O–H groups in total. The summed E-state index contributed by atoms with van der Waals surface area (Å²) in [7, 11) is -3.53.